The largest absolute Gasteiger partial charge is 0.269 e. The van der Waals surface area contributed by atoms with E-state index in [1.807, 2.05) is 12.1 Å². The molecule has 0 aliphatic heterocycles. The van der Waals surface area contributed by atoms with Crippen molar-refractivity contribution in [2.24, 2.45) is 0 Å². The topological polar surface area (TPSA) is 56.0 Å². The molecule has 0 N–H and O–H groups in total. The Morgan fingerprint density at radius 3 is 1.78 bits per heavy atom. The number of hydrogen-bond donors (Lipinski definition) is 0. The van der Waals surface area contributed by atoms with Crippen LogP contribution in [0.4, 0.5) is 5.69 Å². The quantitative estimate of drug-likeness (QED) is 0.0558. The molecule has 1 aliphatic rings. The van der Waals surface area contributed by atoms with Gasteiger partial charge in [-0.3, -0.25) is 10.1 Å². The Balaban J connectivity index is 1.45. The lowest BCUT2D eigenvalue weighted by atomic mass is 9.70. The summed E-state index contributed by atoms with van der Waals surface area (Å²) < 4.78 is 1.20. The molecule has 0 radical (unpaired) electrons. The highest BCUT2D eigenvalue weighted by atomic mass is 32.1. The van der Waals surface area contributed by atoms with Crippen LogP contribution in [0.2, 0.25) is 0 Å². The molecule has 4 nitrogen and oxygen atoms in total. The molecule has 5 rings (SSSR count). The zero-order valence-electron chi connectivity index (χ0n) is 27.6. The van der Waals surface area contributed by atoms with Gasteiger partial charge < -0.3 is 0 Å². The third-order valence-corrected chi connectivity index (χ3v) is 11.1. The van der Waals surface area contributed by atoms with E-state index in [-0.39, 0.29) is 16.0 Å². The summed E-state index contributed by atoms with van der Waals surface area (Å²) in [4.78, 5) is 16.8. The molecule has 0 saturated carbocycles. The van der Waals surface area contributed by atoms with E-state index in [4.69, 9.17) is 4.98 Å². The van der Waals surface area contributed by atoms with Crippen molar-refractivity contribution in [1.82, 2.24) is 4.98 Å². The molecule has 0 bridgehead atoms. The van der Waals surface area contributed by atoms with Crippen molar-refractivity contribution < 1.29 is 4.92 Å². The summed E-state index contributed by atoms with van der Waals surface area (Å²) in [7, 11) is 0. The van der Waals surface area contributed by atoms with Gasteiger partial charge in [-0.15, -0.1) is 11.3 Å². The molecule has 0 amide bonds. The highest BCUT2D eigenvalue weighted by Crippen LogP contribution is 2.56. The summed E-state index contributed by atoms with van der Waals surface area (Å²) in [5.41, 5.74) is 7.20. The van der Waals surface area contributed by atoms with Crippen molar-refractivity contribution in [3.63, 3.8) is 0 Å². The Labute approximate surface area is 274 Å². The number of para-hydroxylation sites is 1. The van der Waals surface area contributed by atoms with Crippen molar-refractivity contribution >= 4 is 27.2 Å². The molecule has 0 spiro atoms. The molecule has 0 unspecified atom stereocenters. The fourth-order valence-corrected chi connectivity index (χ4v) is 8.47. The van der Waals surface area contributed by atoms with E-state index in [0.29, 0.717) is 0 Å². The van der Waals surface area contributed by atoms with Crippen LogP contribution in [-0.2, 0) is 5.41 Å². The van der Waals surface area contributed by atoms with Crippen LogP contribution in [0.25, 0.3) is 31.9 Å². The molecule has 4 aromatic rings. The van der Waals surface area contributed by atoms with E-state index in [0.717, 1.165) is 41.8 Å². The standard InChI is InChI=1S/C40H52N2O2S/c1-3-5-7-9-11-13-15-19-27-40(28-20-16-14-12-10-8-6-4-2)35-29-31(39-41-37-21-17-18-22-38(37)45-39)23-25-33(35)34-26-24-32(42(43)44)30-36(34)40/h17-18,21-26,29-30H,3-16,19-20,27-28H2,1-2H3. The van der Waals surface area contributed by atoms with E-state index in [2.05, 4.69) is 56.3 Å². The van der Waals surface area contributed by atoms with E-state index in [9.17, 15) is 10.1 Å². The molecule has 0 saturated heterocycles. The average molecular weight is 625 g/mol. The third-order valence-electron chi connectivity index (χ3n) is 10.0. The van der Waals surface area contributed by atoms with E-state index in [1.165, 1.54) is 117 Å². The Morgan fingerprint density at radius 1 is 0.667 bits per heavy atom. The molecular weight excluding hydrogens is 573 g/mol. The van der Waals surface area contributed by atoms with Crippen molar-refractivity contribution in [1.29, 1.82) is 0 Å². The Hall–Kier alpha value is -3.05. The minimum absolute atomic E-state index is 0.201. The number of hydrogen-bond acceptors (Lipinski definition) is 4. The minimum atomic E-state index is -0.215. The Morgan fingerprint density at radius 2 is 1.20 bits per heavy atom. The van der Waals surface area contributed by atoms with Gasteiger partial charge in [0.05, 0.1) is 15.1 Å². The van der Waals surface area contributed by atoms with Gasteiger partial charge >= 0.3 is 0 Å². The van der Waals surface area contributed by atoms with Gasteiger partial charge in [0.15, 0.2) is 0 Å². The zero-order valence-corrected chi connectivity index (χ0v) is 28.4. The second-order valence-electron chi connectivity index (χ2n) is 13.3. The first kappa shape index (κ1) is 33.3. The number of non-ortho nitro benzene ring substituents is 1. The summed E-state index contributed by atoms with van der Waals surface area (Å²) in [6.45, 7) is 4.55. The van der Waals surface area contributed by atoms with Gasteiger partial charge in [0.1, 0.15) is 5.01 Å². The highest BCUT2D eigenvalue weighted by molar-refractivity contribution is 7.21. The van der Waals surface area contributed by atoms with Crippen molar-refractivity contribution in [2.45, 2.75) is 135 Å². The predicted octanol–water partition coefficient (Wildman–Crippen LogP) is 13.2. The molecule has 1 aromatic heterocycles. The van der Waals surface area contributed by atoms with Crippen LogP contribution in [0.5, 0.6) is 0 Å². The smallest absolute Gasteiger partial charge is 0.258 e. The summed E-state index contributed by atoms with van der Waals surface area (Å²) in [5.74, 6) is 0. The summed E-state index contributed by atoms with van der Waals surface area (Å²) >= 11 is 1.75. The normalized spacial score (nSPS) is 13.3. The van der Waals surface area contributed by atoms with Crippen molar-refractivity contribution in [3.8, 4) is 21.7 Å². The van der Waals surface area contributed by atoms with Gasteiger partial charge in [-0.1, -0.05) is 141 Å². The van der Waals surface area contributed by atoms with Crippen LogP contribution < -0.4 is 0 Å². The number of benzene rings is 3. The average Bonchev–Trinajstić information content (AvgIpc) is 3.61. The van der Waals surface area contributed by atoms with Crippen molar-refractivity contribution in [2.75, 3.05) is 0 Å². The lowest BCUT2D eigenvalue weighted by Crippen LogP contribution is -2.25. The van der Waals surface area contributed by atoms with Gasteiger partial charge in [0.25, 0.3) is 5.69 Å². The van der Waals surface area contributed by atoms with E-state index >= 15 is 0 Å². The molecular formula is C40H52N2O2S. The zero-order chi connectivity index (χ0) is 31.5. The number of aromatic nitrogens is 1. The second-order valence-corrected chi connectivity index (χ2v) is 14.3. The van der Waals surface area contributed by atoms with E-state index in [1.54, 1.807) is 17.4 Å². The first-order valence-corrected chi connectivity index (χ1v) is 18.7. The molecule has 1 aliphatic carbocycles. The maximum Gasteiger partial charge on any atom is 0.269 e. The monoisotopic (exact) mass is 624 g/mol. The first-order valence-electron chi connectivity index (χ1n) is 17.9. The molecule has 240 valence electrons. The molecule has 0 atom stereocenters. The number of nitrogens with zero attached hydrogens (tertiary/aromatic N) is 2. The second kappa shape index (κ2) is 16.5. The maximum atomic E-state index is 12.0. The number of nitro benzene ring substituents is 1. The number of nitro groups is 1. The van der Waals surface area contributed by atoms with Gasteiger partial charge in [-0.2, -0.15) is 0 Å². The SMILES string of the molecule is CCCCCCCCCCC1(CCCCCCCCCC)c2cc(-c3nc4ccccc4s3)ccc2-c2ccc([N+](=O)[O-])cc21. The fraction of sp³-hybridized carbons (Fsp3) is 0.525. The van der Waals surface area contributed by atoms with Gasteiger partial charge in [-0.05, 0) is 59.4 Å². The maximum absolute atomic E-state index is 12.0. The highest BCUT2D eigenvalue weighted by Gasteiger charge is 2.43. The minimum Gasteiger partial charge on any atom is -0.258 e. The third kappa shape index (κ3) is 8.03. The number of unbranched alkanes of at least 4 members (excludes halogenated alkanes) is 14. The van der Waals surface area contributed by atoms with Gasteiger partial charge in [-0.25, -0.2) is 4.98 Å². The lowest BCUT2D eigenvalue weighted by Gasteiger charge is -2.33. The number of thiazole rings is 1. The van der Waals surface area contributed by atoms with Crippen LogP contribution in [0.1, 0.15) is 141 Å². The number of fused-ring (bicyclic) bond motifs is 4. The summed E-state index contributed by atoms with van der Waals surface area (Å²) in [6.07, 6.45) is 22.6. The van der Waals surface area contributed by atoms with E-state index < -0.39 is 0 Å². The van der Waals surface area contributed by atoms with Gasteiger partial charge in [0.2, 0.25) is 0 Å². The Kier molecular flexibility index (Phi) is 12.2. The lowest BCUT2D eigenvalue weighted by molar-refractivity contribution is -0.384. The van der Waals surface area contributed by atoms with Crippen LogP contribution in [0.15, 0.2) is 60.7 Å². The van der Waals surface area contributed by atoms with Crippen molar-refractivity contribution in [3.05, 3.63) is 81.9 Å². The van der Waals surface area contributed by atoms with Gasteiger partial charge in [0, 0.05) is 23.1 Å². The molecule has 3 aromatic carbocycles. The molecule has 0 fully saturated rings. The molecule has 5 heteroatoms. The summed E-state index contributed by atoms with van der Waals surface area (Å²) in [5, 5.41) is 13.1. The Bertz CT molecular complexity index is 1490. The number of rotatable bonds is 20. The first-order chi connectivity index (χ1) is 22.1. The van der Waals surface area contributed by atoms with Crippen LogP contribution in [-0.4, -0.2) is 9.91 Å². The van der Waals surface area contributed by atoms with Crippen LogP contribution in [0.3, 0.4) is 0 Å². The fourth-order valence-electron chi connectivity index (χ4n) is 7.51. The van der Waals surface area contributed by atoms with Crippen LogP contribution in [0, 0.1) is 10.1 Å². The molecule has 1 heterocycles. The summed E-state index contributed by atoms with van der Waals surface area (Å²) in [6, 6.07) is 20.9. The molecule has 45 heavy (non-hydrogen) atoms. The predicted molar refractivity (Wildman–Crippen MR) is 192 cm³/mol. The van der Waals surface area contributed by atoms with Crippen LogP contribution >= 0.6 is 11.3 Å².